The summed E-state index contributed by atoms with van der Waals surface area (Å²) in [5, 5.41) is 0. The van der Waals surface area contributed by atoms with E-state index in [0.29, 0.717) is 5.56 Å². The third-order valence-electron chi connectivity index (χ3n) is 4.74. The molecule has 3 aromatic carbocycles. The summed E-state index contributed by atoms with van der Waals surface area (Å²) in [5.74, 6) is 7.04. The van der Waals surface area contributed by atoms with Crippen molar-refractivity contribution < 1.29 is 9.13 Å². The zero-order chi connectivity index (χ0) is 20.5. The van der Waals surface area contributed by atoms with Crippen LogP contribution in [0.1, 0.15) is 49.8 Å². The van der Waals surface area contributed by atoms with Crippen molar-refractivity contribution in [1.29, 1.82) is 0 Å². The molecule has 0 aromatic heterocycles. The summed E-state index contributed by atoms with van der Waals surface area (Å²) in [5.41, 5.74) is 4.38. The molecule has 0 N–H and O–H groups in total. The van der Waals surface area contributed by atoms with Crippen molar-refractivity contribution in [3.63, 3.8) is 0 Å². The third kappa shape index (κ3) is 5.96. The lowest BCUT2D eigenvalue weighted by atomic mass is 10.0. The average molecular weight is 387 g/mol. The van der Waals surface area contributed by atoms with Gasteiger partial charge in [-0.2, -0.15) is 0 Å². The zero-order valence-corrected chi connectivity index (χ0v) is 17.2. The Labute approximate surface area is 173 Å². The fraction of sp³-hybridized carbons (Fsp3) is 0.259. The molecule has 0 aliphatic carbocycles. The molecule has 0 spiro atoms. The van der Waals surface area contributed by atoms with Crippen molar-refractivity contribution in [3.05, 3.63) is 89.2 Å². The molecule has 0 saturated carbocycles. The van der Waals surface area contributed by atoms with Crippen LogP contribution >= 0.6 is 0 Å². The van der Waals surface area contributed by atoms with Crippen molar-refractivity contribution in [3.8, 4) is 28.7 Å². The van der Waals surface area contributed by atoms with Gasteiger partial charge >= 0.3 is 0 Å². The van der Waals surface area contributed by atoms with Gasteiger partial charge in [0.15, 0.2) is 0 Å². The van der Waals surface area contributed by atoms with Crippen LogP contribution in [0.25, 0.3) is 11.1 Å². The molecular formula is C27H27FO. The van der Waals surface area contributed by atoms with E-state index in [9.17, 15) is 4.39 Å². The molecule has 0 saturated heterocycles. The lowest BCUT2D eigenvalue weighted by Crippen LogP contribution is -1.95. The number of aryl methyl sites for hydroxylation is 1. The second kappa shape index (κ2) is 10.5. The monoisotopic (exact) mass is 386 g/mol. The predicted molar refractivity (Wildman–Crippen MR) is 119 cm³/mol. The Morgan fingerprint density at radius 3 is 2.03 bits per heavy atom. The van der Waals surface area contributed by atoms with Gasteiger partial charge in [0.05, 0.1) is 6.61 Å². The van der Waals surface area contributed by atoms with Crippen LogP contribution in [-0.2, 0) is 6.42 Å². The van der Waals surface area contributed by atoms with Crippen LogP contribution < -0.4 is 4.74 Å². The van der Waals surface area contributed by atoms with E-state index in [1.807, 2.05) is 60.7 Å². The standard InChI is InChI=1S/C27H27FO/c1-3-5-19-29-25-16-11-22(12-17-25)8-7-21-9-14-24(15-10-21)26-18-13-23(6-4-2)20-27(26)28/h9-18,20H,3-6,19H2,1-2H3. The van der Waals surface area contributed by atoms with Crippen LogP contribution in [0.15, 0.2) is 66.7 Å². The molecule has 0 aliphatic heterocycles. The summed E-state index contributed by atoms with van der Waals surface area (Å²) < 4.78 is 20.1. The van der Waals surface area contributed by atoms with Crippen LogP contribution in [0.5, 0.6) is 5.75 Å². The van der Waals surface area contributed by atoms with Gasteiger partial charge in [-0.05, 0) is 66.4 Å². The lowest BCUT2D eigenvalue weighted by Gasteiger charge is -2.06. The SMILES string of the molecule is CCCCOc1ccc(C#Cc2ccc(-c3ccc(CCC)cc3F)cc2)cc1. The van der Waals surface area contributed by atoms with Gasteiger partial charge in [-0.25, -0.2) is 4.39 Å². The van der Waals surface area contributed by atoms with Crippen molar-refractivity contribution in [2.45, 2.75) is 39.5 Å². The second-order valence-electron chi connectivity index (χ2n) is 7.12. The fourth-order valence-corrected chi connectivity index (χ4v) is 3.08. The summed E-state index contributed by atoms with van der Waals surface area (Å²) in [7, 11) is 0. The number of benzene rings is 3. The quantitative estimate of drug-likeness (QED) is 0.313. The summed E-state index contributed by atoms with van der Waals surface area (Å²) in [6.07, 6.45) is 4.10. The van der Waals surface area contributed by atoms with Gasteiger partial charge in [-0.15, -0.1) is 0 Å². The Kier molecular flexibility index (Phi) is 7.47. The summed E-state index contributed by atoms with van der Waals surface area (Å²) in [6.45, 7) is 4.99. The Morgan fingerprint density at radius 1 is 0.793 bits per heavy atom. The van der Waals surface area contributed by atoms with E-state index >= 15 is 0 Å². The predicted octanol–water partition coefficient (Wildman–Crippen LogP) is 7.02. The Balaban J connectivity index is 1.67. The van der Waals surface area contributed by atoms with Gasteiger partial charge in [0.25, 0.3) is 0 Å². The number of rotatable bonds is 7. The second-order valence-corrected chi connectivity index (χ2v) is 7.12. The molecule has 0 radical (unpaired) electrons. The highest BCUT2D eigenvalue weighted by molar-refractivity contribution is 5.65. The van der Waals surface area contributed by atoms with Gasteiger partial charge in [-0.3, -0.25) is 0 Å². The molecular weight excluding hydrogens is 359 g/mol. The number of ether oxygens (including phenoxy) is 1. The Hall–Kier alpha value is -3.05. The number of hydrogen-bond donors (Lipinski definition) is 0. The lowest BCUT2D eigenvalue weighted by molar-refractivity contribution is 0.309. The molecule has 148 valence electrons. The largest absolute Gasteiger partial charge is 0.494 e. The van der Waals surface area contributed by atoms with E-state index < -0.39 is 0 Å². The van der Waals surface area contributed by atoms with E-state index in [1.54, 1.807) is 6.07 Å². The van der Waals surface area contributed by atoms with Crippen molar-refractivity contribution in [1.82, 2.24) is 0 Å². The molecule has 1 nitrogen and oxygen atoms in total. The molecule has 29 heavy (non-hydrogen) atoms. The molecule has 0 amide bonds. The van der Waals surface area contributed by atoms with Crippen molar-refractivity contribution in [2.24, 2.45) is 0 Å². The number of hydrogen-bond acceptors (Lipinski definition) is 1. The first-order valence-electron chi connectivity index (χ1n) is 10.3. The summed E-state index contributed by atoms with van der Waals surface area (Å²) >= 11 is 0. The summed E-state index contributed by atoms with van der Waals surface area (Å²) in [4.78, 5) is 0. The van der Waals surface area contributed by atoms with E-state index in [1.165, 1.54) is 0 Å². The topological polar surface area (TPSA) is 9.23 Å². The fourth-order valence-electron chi connectivity index (χ4n) is 3.08. The van der Waals surface area contributed by atoms with Gasteiger partial charge < -0.3 is 4.74 Å². The minimum Gasteiger partial charge on any atom is -0.494 e. The Bertz CT molecular complexity index is 976. The summed E-state index contributed by atoms with van der Waals surface area (Å²) in [6, 6.07) is 21.1. The van der Waals surface area contributed by atoms with E-state index in [0.717, 1.165) is 60.3 Å². The Morgan fingerprint density at radius 2 is 1.45 bits per heavy atom. The molecule has 0 heterocycles. The van der Waals surface area contributed by atoms with Crippen LogP contribution in [-0.4, -0.2) is 6.61 Å². The number of unbranched alkanes of at least 4 members (excludes halogenated alkanes) is 1. The van der Waals surface area contributed by atoms with Crippen LogP contribution in [0.3, 0.4) is 0 Å². The molecule has 0 aliphatic rings. The first-order valence-corrected chi connectivity index (χ1v) is 10.3. The normalized spacial score (nSPS) is 10.3. The van der Waals surface area contributed by atoms with E-state index in [4.69, 9.17) is 4.74 Å². The van der Waals surface area contributed by atoms with Crippen LogP contribution in [0.2, 0.25) is 0 Å². The maximum Gasteiger partial charge on any atom is 0.131 e. The van der Waals surface area contributed by atoms with Crippen LogP contribution in [0, 0.1) is 17.7 Å². The average Bonchev–Trinajstić information content (AvgIpc) is 2.74. The minimum absolute atomic E-state index is 0.170. The van der Waals surface area contributed by atoms with Gasteiger partial charge in [0.2, 0.25) is 0 Å². The van der Waals surface area contributed by atoms with Gasteiger partial charge in [-0.1, -0.05) is 62.8 Å². The maximum atomic E-state index is 14.4. The maximum absolute atomic E-state index is 14.4. The molecule has 0 unspecified atom stereocenters. The van der Waals surface area contributed by atoms with Gasteiger partial charge in [0.1, 0.15) is 11.6 Å². The highest BCUT2D eigenvalue weighted by atomic mass is 19.1. The molecule has 2 heteroatoms. The molecule has 0 atom stereocenters. The highest BCUT2D eigenvalue weighted by Crippen LogP contribution is 2.24. The van der Waals surface area contributed by atoms with E-state index in [2.05, 4.69) is 25.7 Å². The van der Waals surface area contributed by atoms with Crippen molar-refractivity contribution in [2.75, 3.05) is 6.61 Å². The van der Waals surface area contributed by atoms with E-state index in [-0.39, 0.29) is 5.82 Å². The first kappa shape index (κ1) is 20.7. The highest BCUT2D eigenvalue weighted by Gasteiger charge is 2.06. The van der Waals surface area contributed by atoms with Gasteiger partial charge in [0, 0.05) is 16.7 Å². The first-order chi connectivity index (χ1) is 14.2. The molecule has 0 bridgehead atoms. The smallest absolute Gasteiger partial charge is 0.131 e. The molecule has 3 aromatic rings. The number of halogens is 1. The zero-order valence-electron chi connectivity index (χ0n) is 17.2. The van der Waals surface area contributed by atoms with Crippen molar-refractivity contribution >= 4 is 0 Å². The third-order valence-corrected chi connectivity index (χ3v) is 4.74. The molecule has 0 fully saturated rings. The van der Waals surface area contributed by atoms with Crippen LogP contribution in [0.4, 0.5) is 4.39 Å². The minimum atomic E-state index is -0.170. The molecule has 3 rings (SSSR count).